The van der Waals surface area contributed by atoms with Gasteiger partial charge < -0.3 is 9.80 Å². The Morgan fingerprint density at radius 2 is 1.54 bits per heavy atom. The molecule has 4 saturated carbocycles. The van der Waals surface area contributed by atoms with Crippen molar-refractivity contribution in [3.8, 4) is 0 Å². The van der Waals surface area contributed by atoms with Gasteiger partial charge in [0.05, 0.1) is 16.8 Å². The van der Waals surface area contributed by atoms with Gasteiger partial charge in [0.2, 0.25) is 11.8 Å². The van der Waals surface area contributed by atoms with Crippen molar-refractivity contribution in [2.75, 3.05) is 23.4 Å². The van der Waals surface area contributed by atoms with Crippen molar-refractivity contribution in [3.63, 3.8) is 0 Å². The van der Waals surface area contributed by atoms with Gasteiger partial charge in [0.15, 0.2) is 0 Å². The Kier molecular flexibility index (Phi) is 2.92. The van der Waals surface area contributed by atoms with Gasteiger partial charge in [-0.25, -0.2) is 0 Å². The van der Waals surface area contributed by atoms with Crippen LogP contribution in [0, 0.1) is 23.2 Å². The molecule has 2 amide bonds. The molecule has 4 bridgehead atoms. The summed E-state index contributed by atoms with van der Waals surface area (Å²) in [6.45, 7) is 0.189. The van der Waals surface area contributed by atoms with Gasteiger partial charge in [0.25, 0.3) is 0 Å². The Morgan fingerprint density at radius 3 is 2.12 bits per heavy atom. The van der Waals surface area contributed by atoms with Gasteiger partial charge in [-0.05, 0) is 68.4 Å². The summed E-state index contributed by atoms with van der Waals surface area (Å²) in [6.07, 6.45) is 7.10. The van der Waals surface area contributed by atoms with E-state index < -0.39 is 0 Å². The second-order valence-corrected chi connectivity index (χ2v) is 8.53. The van der Waals surface area contributed by atoms with Crippen molar-refractivity contribution < 1.29 is 9.59 Å². The van der Waals surface area contributed by atoms with Crippen LogP contribution in [0.3, 0.4) is 0 Å². The quantitative estimate of drug-likeness (QED) is 0.796. The van der Waals surface area contributed by atoms with Crippen LogP contribution in [0.4, 0.5) is 11.4 Å². The van der Waals surface area contributed by atoms with Crippen molar-refractivity contribution in [3.05, 3.63) is 24.3 Å². The van der Waals surface area contributed by atoms with Crippen molar-refractivity contribution in [1.82, 2.24) is 0 Å². The minimum absolute atomic E-state index is 0.00628. The summed E-state index contributed by atoms with van der Waals surface area (Å²) in [5.41, 5.74) is 1.56. The van der Waals surface area contributed by atoms with E-state index in [4.69, 9.17) is 0 Å². The number of rotatable bonds is 1. The standard InChI is InChI=1S/C20H24N2O2/c1-21-16-4-2-3-5-17(16)22(12-18(21)23)19(24)20-9-13-6-14(10-20)8-15(7-13)11-20/h2-5,13-15H,6-12H2,1H3. The number of benzene rings is 1. The molecule has 0 atom stereocenters. The lowest BCUT2D eigenvalue weighted by molar-refractivity contribution is -0.144. The molecule has 0 unspecified atom stereocenters. The minimum Gasteiger partial charge on any atom is -0.312 e. The minimum atomic E-state index is -0.196. The molecule has 1 aliphatic heterocycles. The number of likely N-dealkylation sites (N-methyl/N-ethyl adjacent to an activating group) is 1. The average Bonchev–Trinajstić information content (AvgIpc) is 2.56. The number of hydrogen-bond donors (Lipinski definition) is 0. The van der Waals surface area contributed by atoms with Gasteiger partial charge in [-0.2, -0.15) is 0 Å². The van der Waals surface area contributed by atoms with Crippen molar-refractivity contribution in [2.45, 2.75) is 38.5 Å². The lowest BCUT2D eigenvalue weighted by Crippen LogP contribution is -2.57. The Bertz CT molecular complexity index is 691. The zero-order valence-corrected chi connectivity index (χ0v) is 14.2. The van der Waals surface area contributed by atoms with Crippen LogP contribution in [-0.2, 0) is 9.59 Å². The summed E-state index contributed by atoms with van der Waals surface area (Å²) < 4.78 is 0. The number of fused-ring (bicyclic) bond motifs is 1. The highest BCUT2D eigenvalue weighted by atomic mass is 16.2. The van der Waals surface area contributed by atoms with Gasteiger partial charge in [0, 0.05) is 7.05 Å². The fraction of sp³-hybridized carbons (Fsp3) is 0.600. The number of amides is 2. The van der Waals surface area contributed by atoms with Gasteiger partial charge >= 0.3 is 0 Å². The maximum Gasteiger partial charge on any atom is 0.246 e. The normalized spacial score (nSPS) is 36.9. The molecule has 5 aliphatic rings. The number of carbonyl (C=O) groups is 2. The Hall–Kier alpha value is -1.84. The molecule has 4 nitrogen and oxygen atoms in total. The first-order chi connectivity index (χ1) is 11.6. The van der Waals surface area contributed by atoms with E-state index in [0.29, 0.717) is 0 Å². The van der Waals surface area contributed by atoms with E-state index in [-0.39, 0.29) is 23.8 Å². The van der Waals surface area contributed by atoms with Gasteiger partial charge in [-0.15, -0.1) is 0 Å². The molecular weight excluding hydrogens is 300 g/mol. The third-order valence-corrected chi connectivity index (χ3v) is 6.94. The monoisotopic (exact) mass is 324 g/mol. The van der Waals surface area contributed by atoms with Crippen molar-refractivity contribution in [1.29, 1.82) is 0 Å². The number of nitrogens with zero attached hydrogens (tertiary/aromatic N) is 2. The first kappa shape index (κ1) is 14.5. The van der Waals surface area contributed by atoms with E-state index in [1.807, 2.05) is 24.3 Å². The molecule has 0 N–H and O–H groups in total. The predicted octanol–water partition coefficient (Wildman–Crippen LogP) is 3.21. The lowest BCUT2D eigenvalue weighted by atomic mass is 9.49. The molecule has 0 spiro atoms. The summed E-state index contributed by atoms with van der Waals surface area (Å²) in [5, 5.41) is 0. The first-order valence-corrected chi connectivity index (χ1v) is 9.23. The summed E-state index contributed by atoms with van der Waals surface area (Å²) in [6, 6.07) is 7.81. The molecule has 4 aliphatic carbocycles. The highest BCUT2D eigenvalue weighted by Gasteiger charge is 2.56. The first-order valence-electron chi connectivity index (χ1n) is 9.23. The molecule has 1 aromatic rings. The molecule has 1 aromatic carbocycles. The van der Waals surface area contributed by atoms with Crippen molar-refractivity contribution in [2.24, 2.45) is 23.2 Å². The van der Waals surface area contributed by atoms with E-state index in [0.717, 1.165) is 48.4 Å². The van der Waals surface area contributed by atoms with Crippen LogP contribution in [0.1, 0.15) is 38.5 Å². The zero-order valence-electron chi connectivity index (χ0n) is 14.2. The third-order valence-electron chi connectivity index (χ3n) is 6.94. The summed E-state index contributed by atoms with van der Waals surface area (Å²) in [5.74, 6) is 2.43. The molecule has 4 fully saturated rings. The van der Waals surface area contributed by atoms with Gasteiger partial charge in [-0.3, -0.25) is 9.59 Å². The molecule has 4 heteroatoms. The Morgan fingerprint density at radius 1 is 1.00 bits per heavy atom. The molecular formula is C20H24N2O2. The fourth-order valence-electron chi connectivity index (χ4n) is 6.28. The van der Waals surface area contributed by atoms with E-state index in [9.17, 15) is 9.59 Å². The maximum absolute atomic E-state index is 13.6. The second-order valence-electron chi connectivity index (χ2n) is 8.53. The number of hydrogen-bond acceptors (Lipinski definition) is 2. The third kappa shape index (κ3) is 1.92. The van der Waals surface area contributed by atoms with E-state index in [1.165, 1.54) is 19.3 Å². The SMILES string of the molecule is CN1C(=O)CN(C(=O)C23CC4CC(CC(C4)C2)C3)c2ccccc21. The van der Waals surface area contributed by atoms with E-state index in [1.54, 1.807) is 16.8 Å². The highest BCUT2D eigenvalue weighted by Crippen LogP contribution is 2.61. The second kappa shape index (κ2) is 4.84. The molecule has 126 valence electrons. The van der Waals surface area contributed by atoms with Crippen LogP contribution in [-0.4, -0.2) is 25.4 Å². The molecule has 0 aromatic heterocycles. The molecule has 0 saturated heterocycles. The van der Waals surface area contributed by atoms with Crippen LogP contribution in [0.2, 0.25) is 0 Å². The highest BCUT2D eigenvalue weighted by molar-refractivity contribution is 6.12. The average molecular weight is 324 g/mol. The zero-order chi connectivity index (χ0) is 16.5. The van der Waals surface area contributed by atoms with Crippen LogP contribution in [0.15, 0.2) is 24.3 Å². The van der Waals surface area contributed by atoms with Crippen molar-refractivity contribution >= 4 is 23.2 Å². The maximum atomic E-state index is 13.6. The summed E-state index contributed by atoms with van der Waals surface area (Å²) in [7, 11) is 1.80. The number of anilines is 2. The molecule has 6 rings (SSSR count). The molecule has 1 heterocycles. The van der Waals surface area contributed by atoms with Gasteiger partial charge in [-0.1, -0.05) is 12.1 Å². The summed E-state index contributed by atoms with van der Waals surface area (Å²) >= 11 is 0. The summed E-state index contributed by atoms with van der Waals surface area (Å²) in [4.78, 5) is 29.5. The number of carbonyl (C=O) groups excluding carboxylic acids is 2. The Balaban J connectivity index is 1.54. The lowest BCUT2D eigenvalue weighted by Gasteiger charge is -2.56. The largest absolute Gasteiger partial charge is 0.312 e. The van der Waals surface area contributed by atoms with E-state index >= 15 is 0 Å². The molecule has 0 radical (unpaired) electrons. The van der Waals surface area contributed by atoms with Crippen LogP contribution in [0.25, 0.3) is 0 Å². The number of para-hydroxylation sites is 2. The van der Waals surface area contributed by atoms with E-state index in [2.05, 4.69) is 0 Å². The fourth-order valence-corrected chi connectivity index (χ4v) is 6.28. The smallest absolute Gasteiger partial charge is 0.246 e. The molecule has 24 heavy (non-hydrogen) atoms. The predicted molar refractivity (Wildman–Crippen MR) is 92.8 cm³/mol. The van der Waals surface area contributed by atoms with Crippen LogP contribution < -0.4 is 9.80 Å². The Labute approximate surface area is 142 Å². The topological polar surface area (TPSA) is 40.6 Å². The van der Waals surface area contributed by atoms with Gasteiger partial charge in [0.1, 0.15) is 6.54 Å². The van der Waals surface area contributed by atoms with Crippen LogP contribution in [0.5, 0.6) is 0 Å². The van der Waals surface area contributed by atoms with Crippen LogP contribution >= 0.6 is 0 Å².